The molecule has 1 fully saturated rings. The predicted octanol–water partition coefficient (Wildman–Crippen LogP) is 2.13. The second kappa shape index (κ2) is 9.59. The Balaban J connectivity index is 1.63. The third-order valence-corrected chi connectivity index (χ3v) is 7.05. The molecule has 0 aromatic heterocycles. The van der Waals surface area contributed by atoms with Crippen LogP contribution in [0.15, 0.2) is 53.4 Å². The quantitative estimate of drug-likeness (QED) is 0.727. The molecule has 1 heterocycles. The molecular weight excluding hydrogens is 402 g/mol. The summed E-state index contributed by atoms with van der Waals surface area (Å²) in [6.45, 7) is 6.41. The van der Waals surface area contributed by atoms with Crippen molar-refractivity contribution in [1.82, 2.24) is 14.5 Å². The van der Waals surface area contributed by atoms with Gasteiger partial charge in [0.1, 0.15) is 12.4 Å². The van der Waals surface area contributed by atoms with E-state index in [-0.39, 0.29) is 16.8 Å². The van der Waals surface area contributed by atoms with E-state index in [0.29, 0.717) is 38.3 Å². The first-order valence-corrected chi connectivity index (χ1v) is 11.5. The minimum Gasteiger partial charge on any atom is -0.491 e. The number of hydrogen-bond donors (Lipinski definition) is 1. The number of aryl methyl sites for hydroxylation is 1. The average molecular weight is 432 g/mol. The highest BCUT2D eigenvalue weighted by Gasteiger charge is 2.28. The smallest absolute Gasteiger partial charge is 0.251 e. The molecule has 1 aliphatic rings. The Bertz CT molecular complexity index is 985. The van der Waals surface area contributed by atoms with Crippen molar-refractivity contribution in [3.05, 3.63) is 59.7 Å². The summed E-state index contributed by atoms with van der Waals surface area (Å²) < 4.78 is 33.1. The van der Waals surface area contributed by atoms with Crippen LogP contribution >= 0.6 is 0 Å². The maximum atomic E-state index is 12.9. The first-order valence-electron chi connectivity index (χ1n) is 10.1. The van der Waals surface area contributed by atoms with Crippen LogP contribution in [0.2, 0.25) is 0 Å². The molecular formula is C22H29N3O4S. The van der Waals surface area contributed by atoms with E-state index in [1.165, 1.54) is 16.4 Å². The number of benzene rings is 2. The number of sulfonamides is 1. The van der Waals surface area contributed by atoms with E-state index in [9.17, 15) is 13.2 Å². The van der Waals surface area contributed by atoms with E-state index < -0.39 is 10.0 Å². The zero-order chi connectivity index (χ0) is 21.7. The maximum absolute atomic E-state index is 12.9. The van der Waals surface area contributed by atoms with Crippen LogP contribution in [0.1, 0.15) is 22.8 Å². The Hall–Kier alpha value is -2.42. The van der Waals surface area contributed by atoms with E-state index in [1.807, 2.05) is 45.2 Å². The first-order chi connectivity index (χ1) is 14.3. The van der Waals surface area contributed by atoms with Gasteiger partial charge in [-0.05, 0) is 50.7 Å². The minimum atomic E-state index is -3.62. The van der Waals surface area contributed by atoms with Crippen LogP contribution in [0.5, 0.6) is 5.75 Å². The Kier molecular flexibility index (Phi) is 7.12. The maximum Gasteiger partial charge on any atom is 0.251 e. The van der Waals surface area contributed by atoms with E-state index >= 15 is 0 Å². The highest BCUT2D eigenvalue weighted by atomic mass is 32.2. The standard InChI is InChI=1S/C22H29N3O4S/c1-17-7-4-5-10-21(17)29-16-18(2)23-22(26)19-8-6-9-20(15-19)30(27,28)25-13-11-24(3)12-14-25/h4-10,15,18H,11-14,16H2,1-3H3,(H,23,26). The van der Waals surface area contributed by atoms with Crippen LogP contribution in [0.3, 0.4) is 0 Å². The monoisotopic (exact) mass is 431 g/mol. The van der Waals surface area contributed by atoms with Crippen molar-refractivity contribution < 1.29 is 17.9 Å². The lowest BCUT2D eigenvalue weighted by molar-refractivity contribution is 0.0926. The fraction of sp³-hybridized carbons (Fsp3) is 0.409. The van der Waals surface area contributed by atoms with Crippen molar-refractivity contribution in [3.8, 4) is 5.75 Å². The van der Waals surface area contributed by atoms with Crippen molar-refractivity contribution in [2.75, 3.05) is 39.8 Å². The zero-order valence-electron chi connectivity index (χ0n) is 17.7. The molecule has 1 unspecified atom stereocenters. The summed E-state index contributed by atoms with van der Waals surface area (Å²) in [6, 6.07) is 13.7. The van der Waals surface area contributed by atoms with E-state index in [2.05, 4.69) is 10.2 Å². The lowest BCUT2D eigenvalue weighted by atomic mass is 10.2. The number of nitrogens with one attached hydrogen (secondary N) is 1. The van der Waals surface area contributed by atoms with Gasteiger partial charge in [-0.1, -0.05) is 24.3 Å². The van der Waals surface area contributed by atoms with Crippen molar-refractivity contribution >= 4 is 15.9 Å². The molecule has 8 heteroatoms. The summed E-state index contributed by atoms with van der Waals surface area (Å²) in [6.07, 6.45) is 0. The first kappa shape index (κ1) is 22.3. The van der Waals surface area contributed by atoms with Crippen LogP contribution in [-0.4, -0.2) is 69.4 Å². The van der Waals surface area contributed by atoms with Gasteiger partial charge in [-0.15, -0.1) is 0 Å². The van der Waals surface area contributed by atoms with Gasteiger partial charge in [0.05, 0.1) is 10.9 Å². The molecule has 0 aliphatic carbocycles. The van der Waals surface area contributed by atoms with E-state index in [0.717, 1.165) is 11.3 Å². The van der Waals surface area contributed by atoms with Crippen molar-refractivity contribution in [1.29, 1.82) is 0 Å². The van der Waals surface area contributed by atoms with Gasteiger partial charge in [0.25, 0.3) is 5.91 Å². The lowest BCUT2D eigenvalue weighted by Gasteiger charge is -2.31. The number of ether oxygens (including phenoxy) is 1. The molecule has 2 aromatic carbocycles. The lowest BCUT2D eigenvalue weighted by Crippen LogP contribution is -2.47. The summed E-state index contributed by atoms with van der Waals surface area (Å²) in [5, 5.41) is 2.87. The van der Waals surface area contributed by atoms with Gasteiger partial charge in [0.15, 0.2) is 0 Å². The highest BCUT2D eigenvalue weighted by Crippen LogP contribution is 2.19. The van der Waals surface area contributed by atoms with Crippen molar-refractivity contribution in [3.63, 3.8) is 0 Å². The largest absolute Gasteiger partial charge is 0.491 e. The Labute approximate surface area is 178 Å². The highest BCUT2D eigenvalue weighted by molar-refractivity contribution is 7.89. The topological polar surface area (TPSA) is 78.9 Å². The van der Waals surface area contributed by atoms with E-state index in [4.69, 9.17) is 4.74 Å². The molecule has 0 saturated carbocycles. The molecule has 1 aliphatic heterocycles. The third-order valence-electron chi connectivity index (χ3n) is 5.16. The van der Waals surface area contributed by atoms with Crippen LogP contribution in [-0.2, 0) is 10.0 Å². The Morgan fingerprint density at radius 2 is 1.80 bits per heavy atom. The molecule has 1 N–H and O–H groups in total. The summed E-state index contributed by atoms with van der Waals surface area (Å²) in [5.41, 5.74) is 1.34. The van der Waals surface area contributed by atoms with Gasteiger partial charge in [0, 0.05) is 31.7 Å². The number of carbonyl (C=O) groups is 1. The summed E-state index contributed by atoms with van der Waals surface area (Å²) in [4.78, 5) is 14.9. The molecule has 162 valence electrons. The molecule has 0 radical (unpaired) electrons. The van der Waals surface area contributed by atoms with Gasteiger partial charge in [-0.3, -0.25) is 4.79 Å². The summed E-state index contributed by atoms with van der Waals surface area (Å²) in [5.74, 6) is 0.449. The van der Waals surface area contributed by atoms with Gasteiger partial charge in [0.2, 0.25) is 10.0 Å². The molecule has 30 heavy (non-hydrogen) atoms. The fourth-order valence-corrected chi connectivity index (χ4v) is 4.73. The predicted molar refractivity (Wildman–Crippen MR) is 116 cm³/mol. The Morgan fingerprint density at radius 3 is 2.50 bits per heavy atom. The molecule has 1 saturated heterocycles. The second-order valence-electron chi connectivity index (χ2n) is 7.69. The molecule has 1 amide bonds. The number of nitrogens with zero attached hydrogens (tertiary/aromatic N) is 2. The molecule has 2 aromatic rings. The Morgan fingerprint density at radius 1 is 1.10 bits per heavy atom. The number of para-hydroxylation sites is 1. The zero-order valence-corrected chi connectivity index (χ0v) is 18.5. The van der Waals surface area contributed by atoms with Gasteiger partial charge in [-0.25, -0.2) is 8.42 Å². The minimum absolute atomic E-state index is 0.142. The van der Waals surface area contributed by atoms with E-state index in [1.54, 1.807) is 12.1 Å². The van der Waals surface area contributed by atoms with Crippen LogP contribution in [0.4, 0.5) is 0 Å². The number of likely N-dealkylation sites (N-methyl/N-ethyl adjacent to an activating group) is 1. The molecule has 3 rings (SSSR count). The van der Waals surface area contributed by atoms with Crippen molar-refractivity contribution in [2.45, 2.75) is 24.8 Å². The van der Waals surface area contributed by atoms with Crippen molar-refractivity contribution in [2.24, 2.45) is 0 Å². The van der Waals surface area contributed by atoms with Gasteiger partial charge in [-0.2, -0.15) is 4.31 Å². The number of hydrogen-bond acceptors (Lipinski definition) is 5. The average Bonchev–Trinajstić information content (AvgIpc) is 2.73. The normalized spacial score (nSPS) is 16.8. The number of amides is 1. The SMILES string of the molecule is Cc1ccccc1OCC(C)NC(=O)c1cccc(S(=O)(=O)N2CCN(C)CC2)c1. The third kappa shape index (κ3) is 5.38. The van der Waals surface area contributed by atoms with Crippen LogP contribution in [0, 0.1) is 6.92 Å². The van der Waals surface area contributed by atoms with Gasteiger partial charge >= 0.3 is 0 Å². The van der Waals surface area contributed by atoms with Crippen LogP contribution in [0.25, 0.3) is 0 Å². The fourth-order valence-electron chi connectivity index (χ4n) is 3.26. The van der Waals surface area contributed by atoms with Gasteiger partial charge < -0.3 is 15.0 Å². The molecule has 1 atom stereocenters. The number of rotatable bonds is 7. The second-order valence-corrected chi connectivity index (χ2v) is 9.62. The summed E-state index contributed by atoms with van der Waals surface area (Å²) in [7, 11) is -1.65. The van der Waals surface area contributed by atoms with Crippen LogP contribution < -0.4 is 10.1 Å². The molecule has 0 bridgehead atoms. The number of piperazine rings is 1. The number of carbonyl (C=O) groups excluding carboxylic acids is 1. The summed E-state index contributed by atoms with van der Waals surface area (Å²) >= 11 is 0. The molecule has 0 spiro atoms. The molecule has 7 nitrogen and oxygen atoms in total.